The molecular weight excluding hydrogens is 243 g/mol. The fourth-order valence-electron chi connectivity index (χ4n) is 2.24. The zero-order chi connectivity index (χ0) is 13.8. The SMILES string of the molecule is CCNC(Cc1cc(C)nn1C)c1cncc(F)c1. The Kier molecular flexibility index (Phi) is 4.27. The number of aromatic nitrogens is 3. The quantitative estimate of drug-likeness (QED) is 0.898. The van der Waals surface area contributed by atoms with E-state index in [9.17, 15) is 4.39 Å². The third-order valence-corrected chi connectivity index (χ3v) is 3.09. The second-order valence-corrected chi connectivity index (χ2v) is 4.65. The Balaban J connectivity index is 2.23. The maximum absolute atomic E-state index is 13.3. The van der Waals surface area contributed by atoms with Gasteiger partial charge in [-0.3, -0.25) is 9.67 Å². The van der Waals surface area contributed by atoms with E-state index in [0.717, 1.165) is 29.9 Å². The van der Waals surface area contributed by atoms with E-state index < -0.39 is 0 Å². The first kappa shape index (κ1) is 13.7. The minimum atomic E-state index is -0.304. The number of rotatable bonds is 5. The standard InChI is InChI=1S/C14H19FN4/c1-4-17-14(11-6-12(15)9-16-8-11)7-13-5-10(2)18-19(13)3/h5-6,8-9,14,17H,4,7H2,1-3H3. The fraction of sp³-hybridized carbons (Fsp3) is 0.429. The highest BCUT2D eigenvalue weighted by Crippen LogP contribution is 2.18. The molecule has 0 aliphatic rings. The largest absolute Gasteiger partial charge is 0.310 e. The van der Waals surface area contributed by atoms with Gasteiger partial charge in [-0.15, -0.1) is 0 Å². The first-order chi connectivity index (χ1) is 9.10. The minimum absolute atomic E-state index is 0.0444. The van der Waals surface area contributed by atoms with Gasteiger partial charge in [0.1, 0.15) is 5.82 Å². The Morgan fingerprint density at radius 1 is 1.37 bits per heavy atom. The summed E-state index contributed by atoms with van der Waals surface area (Å²) >= 11 is 0. The van der Waals surface area contributed by atoms with Crippen LogP contribution in [0.25, 0.3) is 0 Å². The topological polar surface area (TPSA) is 42.7 Å². The second kappa shape index (κ2) is 5.93. The first-order valence-electron chi connectivity index (χ1n) is 6.43. The summed E-state index contributed by atoms with van der Waals surface area (Å²) in [5.74, 6) is -0.304. The van der Waals surface area contributed by atoms with Gasteiger partial charge in [0.2, 0.25) is 0 Å². The van der Waals surface area contributed by atoms with E-state index in [1.54, 1.807) is 6.20 Å². The predicted octanol–water partition coefficient (Wildman–Crippen LogP) is 2.16. The molecule has 2 heterocycles. The number of hydrogen-bond acceptors (Lipinski definition) is 3. The summed E-state index contributed by atoms with van der Waals surface area (Å²) in [6, 6.07) is 3.63. The zero-order valence-electron chi connectivity index (χ0n) is 11.5. The molecule has 4 nitrogen and oxygen atoms in total. The Labute approximate surface area is 112 Å². The molecule has 1 atom stereocenters. The van der Waals surface area contributed by atoms with E-state index in [2.05, 4.69) is 21.5 Å². The molecule has 5 heteroatoms. The Hall–Kier alpha value is -1.75. The Morgan fingerprint density at radius 2 is 2.16 bits per heavy atom. The first-order valence-corrected chi connectivity index (χ1v) is 6.43. The molecule has 1 unspecified atom stereocenters. The highest BCUT2D eigenvalue weighted by atomic mass is 19.1. The van der Waals surface area contributed by atoms with Crippen molar-refractivity contribution in [1.29, 1.82) is 0 Å². The van der Waals surface area contributed by atoms with Crippen molar-refractivity contribution in [1.82, 2.24) is 20.1 Å². The molecule has 0 aromatic carbocycles. The van der Waals surface area contributed by atoms with Gasteiger partial charge in [-0.2, -0.15) is 5.10 Å². The molecule has 1 N–H and O–H groups in total. The van der Waals surface area contributed by atoms with Gasteiger partial charge >= 0.3 is 0 Å². The van der Waals surface area contributed by atoms with Crippen LogP contribution >= 0.6 is 0 Å². The van der Waals surface area contributed by atoms with Crippen LogP contribution in [0.1, 0.15) is 29.9 Å². The van der Waals surface area contributed by atoms with Crippen LogP contribution in [0, 0.1) is 12.7 Å². The molecule has 19 heavy (non-hydrogen) atoms. The van der Waals surface area contributed by atoms with Gasteiger partial charge in [0.15, 0.2) is 0 Å². The van der Waals surface area contributed by atoms with Crippen LogP contribution in [-0.2, 0) is 13.5 Å². The van der Waals surface area contributed by atoms with Crippen molar-refractivity contribution in [2.75, 3.05) is 6.54 Å². The van der Waals surface area contributed by atoms with Gasteiger partial charge in [-0.25, -0.2) is 4.39 Å². The third kappa shape index (κ3) is 3.38. The lowest BCUT2D eigenvalue weighted by molar-refractivity contribution is 0.521. The van der Waals surface area contributed by atoms with Crippen LogP contribution < -0.4 is 5.32 Å². The monoisotopic (exact) mass is 262 g/mol. The van der Waals surface area contributed by atoms with Gasteiger partial charge in [0, 0.05) is 31.4 Å². The number of nitrogens with one attached hydrogen (secondary N) is 1. The maximum atomic E-state index is 13.3. The van der Waals surface area contributed by atoms with Crippen LogP contribution in [0.3, 0.4) is 0 Å². The molecule has 0 spiro atoms. The van der Waals surface area contributed by atoms with Crippen LogP contribution in [0.15, 0.2) is 24.5 Å². The normalized spacial score (nSPS) is 12.6. The van der Waals surface area contributed by atoms with Gasteiger partial charge in [0.25, 0.3) is 0 Å². The Morgan fingerprint density at radius 3 is 2.74 bits per heavy atom. The Bertz CT molecular complexity index is 550. The highest BCUT2D eigenvalue weighted by Gasteiger charge is 2.15. The van der Waals surface area contributed by atoms with Crippen molar-refractivity contribution >= 4 is 0 Å². The van der Waals surface area contributed by atoms with Gasteiger partial charge in [-0.1, -0.05) is 6.92 Å². The summed E-state index contributed by atoms with van der Waals surface area (Å²) < 4.78 is 15.1. The molecule has 0 saturated carbocycles. The highest BCUT2D eigenvalue weighted by molar-refractivity contribution is 5.19. The van der Waals surface area contributed by atoms with Crippen LogP contribution in [0.5, 0.6) is 0 Å². The van der Waals surface area contributed by atoms with E-state index in [4.69, 9.17) is 0 Å². The average Bonchev–Trinajstić information content (AvgIpc) is 2.67. The van der Waals surface area contributed by atoms with E-state index in [1.165, 1.54) is 12.3 Å². The number of hydrogen-bond donors (Lipinski definition) is 1. The molecule has 0 aliphatic heterocycles. The summed E-state index contributed by atoms with van der Waals surface area (Å²) in [5.41, 5.74) is 2.97. The minimum Gasteiger partial charge on any atom is -0.310 e. The van der Waals surface area contributed by atoms with Gasteiger partial charge in [-0.05, 0) is 31.2 Å². The molecule has 0 fully saturated rings. The van der Waals surface area contributed by atoms with E-state index in [0.29, 0.717) is 0 Å². The van der Waals surface area contributed by atoms with Gasteiger partial charge < -0.3 is 5.32 Å². The molecular formula is C14H19FN4. The fourth-order valence-corrected chi connectivity index (χ4v) is 2.24. The van der Waals surface area contributed by atoms with Crippen LogP contribution in [-0.4, -0.2) is 21.3 Å². The summed E-state index contributed by atoms with van der Waals surface area (Å²) in [6.07, 6.45) is 3.69. The van der Waals surface area contributed by atoms with Gasteiger partial charge in [0.05, 0.1) is 11.9 Å². The van der Waals surface area contributed by atoms with Crippen molar-refractivity contribution in [3.8, 4) is 0 Å². The number of aryl methyl sites for hydroxylation is 2. The second-order valence-electron chi connectivity index (χ2n) is 4.65. The predicted molar refractivity (Wildman–Crippen MR) is 72.3 cm³/mol. The van der Waals surface area contributed by atoms with Crippen molar-refractivity contribution in [3.63, 3.8) is 0 Å². The average molecular weight is 262 g/mol. The molecule has 0 aliphatic carbocycles. The van der Waals surface area contributed by atoms with Crippen molar-refractivity contribution in [3.05, 3.63) is 47.3 Å². The van der Waals surface area contributed by atoms with Crippen molar-refractivity contribution in [2.45, 2.75) is 26.3 Å². The number of nitrogens with zero attached hydrogens (tertiary/aromatic N) is 3. The number of halogens is 1. The zero-order valence-corrected chi connectivity index (χ0v) is 11.5. The summed E-state index contributed by atoms with van der Waals surface area (Å²) in [5, 5.41) is 7.70. The van der Waals surface area contributed by atoms with E-state index in [-0.39, 0.29) is 11.9 Å². The van der Waals surface area contributed by atoms with Crippen LogP contribution in [0.2, 0.25) is 0 Å². The maximum Gasteiger partial charge on any atom is 0.141 e. The summed E-state index contributed by atoms with van der Waals surface area (Å²) in [4.78, 5) is 3.92. The summed E-state index contributed by atoms with van der Waals surface area (Å²) in [6.45, 7) is 4.82. The number of likely N-dealkylation sites (N-methyl/N-ethyl adjacent to an activating group) is 1. The molecule has 2 rings (SSSR count). The molecule has 0 amide bonds. The lowest BCUT2D eigenvalue weighted by Gasteiger charge is -2.18. The molecule has 2 aromatic heterocycles. The molecule has 0 saturated heterocycles. The molecule has 0 bridgehead atoms. The van der Waals surface area contributed by atoms with E-state index >= 15 is 0 Å². The smallest absolute Gasteiger partial charge is 0.141 e. The molecule has 2 aromatic rings. The molecule has 102 valence electrons. The molecule has 0 radical (unpaired) electrons. The number of pyridine rings is 1. The van der Waals surface area contributed by atoms with E-state index in [1.807, 2.05) is 25.6 Å². The lowest BCUT2D eigenvalue weighted by atomic mass is 10.0. The summed E-state index contributed by atoms with van der Waals surface area (Å²) in [7, 11) is 1.93. The van der Waals surface area contributed by atoms with Crippen molar-refractivity contribution in [2.24, 2.45) is 7.05 Å². The third-order valence-electron chi connectivity index (χ3n) is 3.09. The van der Waals surface area contributed by atoms with Crippen molar-refractivity contribution < 1.29 is 4.39 Å². The lowest BCUT2D eigenvalue weighted by Crippen LogP contribution is -2.24. The van der Waals surface area contributed by atoms with Crippen LogP contribution in [0.4, 0.5) is 4.39 Å².